The molecule has 0 saturated heterocycles. The molecule has 108 valence electrons. The number of nitrogens with one attached hydrogen (secondary N) is 1. The zero-order chi connectivity index (χ0) is 14.6. The Kier molecular flexibility index (Phi) is 5.50. The van der Waals surface area contributed by atoms with Crippen molar-refractivity contribution in [2.45, 2.75) is 33.2 Å². The highest BCUT2D eigenvalue weighted by Crippen LogP contribution is 2.24. The third-order valence-electron chi connectivity index (χ3n) is 3.02. The van der Waals surface area contributed by atoms with Crippen LogP contribution in [0, 0.1) is 19.7 Å². The molecule has 1 unspecified atom stereocenters. The van der Waals surface area contributed by atoms with E-state index in [1.807, 2.05) is 20.8 Å². The first kappa shape index (κ1) is 16.1. The van der Waals surface area contributed by atoms with E-state index in [0.717, 1.165) is 29.7 Å². The van der Waals surface area contributed by atoms with Crippen molar-refractivity contribution in [3.8, 4) is 0 Å². The Labute approximate surface area is 115 Å². The minimum absolute atomic E-state index is 0.0281. The summed E-state index contributed by atoms with van der Waals surface area (Å²) in [6.07, 6.45) is 2.14. The van der Waals surface area contributed by atoms with E-state index in [4.69, 9.17) is 0 Å². The minimum atomic E-state index is -3.10. The predicted molar refractivity (Wildman–Crippen MR) is 76.6 cm³/mol. The maximum absolute atomic E-state index is 13.3. The molecule has 0 radical (unpaired) electrons. The largest absolute Gasteiger partial charge is 0.309 e. The first-order valence-corrected chi connectivity index (χ1v) is 8.48. The van der Waals surface area contributed by atoms with Crippen LogP contribution in [0.3, 0.4) is 0 Å². The SMILES string of the molecule is CCCNC(CS(C)(=O)=O)c1c(C)cc(F)cc1C. The second-order valence-corrected chi connectivity index (χ2v) is 7.24. The Hall–Kier alpha value is -0.940. The van der Waals surface area contributed by atoms with Crippen LogP contribution >= 0.6 is 0 Å². The van der Waals surface area contributed by atoms with Gasteiger partial charge in [0.2, 0.25) is 0 Å². The fourth-order valence-electron chi connectivity index (χ4n) is 2.34. The van der Waals surface area contributed by atoms with Gasteiger partial charge in [-0.25, -0.2) is 12.8 Å². The van der Waals surface area contributed by atoms with Crippen LogP contribution in [-0.2, 0) is 9.84 Å². The normalized spacial score (nSPS) is 13.5. The molecule has 1 N–H and O–H groups in total. The molecule has 5 heteroatoms. The van der Waals surface area contributed by atoms with Gasteiger partial charge in [0, 0.05) is 12.3 Å². The molecule has 0 heterocycles. The lowest BCUT2D eigenvalue weighted by Gasteiger charge is -2.22. The second kappa shape index (κ2) is 6.48. The van der Waals surface area contributed by atoms with Gasteiger partial charge in [-0.15, -0.1) is 0 Å². The van der Waals surface area contributed by atoms with Crippen LogP contribution in [0.1, 0.15) is 36.1 Å². The van der Waals surface area contributed by atoms with E-state index in [2.05, 4.69) is 5.32 Å². The zero-order valence-electron chi connectivity index (χ0n) is 12.0. The zero-order valence-corrected chi connectivity index (χ0v) is 12.8. The van der Waals surface area contributed by atoms with Crippen LogP contribution in [0.25, 0.3) is 0 Å². The summed E-state index contributed by atoms with van der Waals surface area (Å²) in [6.45, 7) is 6.38. The highest BCUT2D eigenvalue weighted by molar-refractivity contribution is 7.90. The van der Waals surface area contributed by atoms with Gasteiger partial charge in [0.1, 0.15) is 15.7 Å². The third kappa shape index (κ3) is 4.91. The van der Waals surface area contributed by atoms with Crippen LogP contribution in [0.4, 0.5) is 4.39 Å². The van der Waals surface area contributed by atoms with Gasteiger partial charge in [0.05, 0.1) is 5.75 Å². The van der Waals surface area contributed by atoms with Crippen molar-refractivity contribution < 1.29 is 12.8 Å². The van der Waals surface area contributed by atoms with E-state index in [-0.39, 0.29) is 17.6 Å². The molecule has 0 aliphatic heterocycles. The van der Waals surface area contributed by atoms with Gasteiger partial charge in [-0.2, -0.15) is 0 Å². The van der Waals surface area contributed by atoms with E-state index in [1.54, 1.807) is 0 Å². The molecule has 0 fully saturated rings. The smallest absolute Gasteiger partial charge is 0.149 e. The van der Waals surface area contributed by atoms with Crippen LogP contribution in [0.5, 0.6) is 0 Å². The summed E-state index contributed by atoms with van der Waals surface area (Å²) >= 11 is 0. The Balaban J connectivity index is 3.17. The van der Waals surface area contributed by atoms with Gasteiger partial charge < -0.3 is 5.32 Å². The first-order chi connectivity index (χ1) is 8.74. The molecule has 0 spiro atoms. The highest BCUT2D eigenvalue weighted by Gasteiger charge is 2.20. The molecule has 0 bridgehead atoms. The highest BCUT2D eigenvalue weighted by atomic mass is 32.2. The summed E-state index contributed by atoms with van der Waals surface area (Å²) in [5.41, 5.74) is 2.46. The van der Waals surface area contributed by atoms with Crippen molar-refractivity contribution in [1.82, 2.24) is 5.32 Å². The molecule has 19 heavy (non-hydrogen) atoms. The monoisotopic (exact) mass is 287 g/mol. The van der Waals surface area contributed by atoms with Crippen LogP contribution < -0.4 is 5.32 Å². The molecule has 0 aliphatic rings. The standard InChI is InChI=1S/C14H22FNO2S/c1-5-6-16-13(9-19(4,17)18)14-10(2)7-12(15)8-11(14)3/h7-8,13,16H,5-6,9H2,1-4H3. The molecule has 1 atom stereocenters. The van der Waals surface area contributed by atoms with E-state index >= 15 is 0 Å². The lowest BCUT2D eigenvalue weighted by molar-refractivity contribution is 0.544. The molecular formula is C14H22FNO2S. The summed E-state index contributed by atoms with van der Waals surface area (Å²) in [5, 5.41) is 3.24. The molecule has 1 aromatic carbocycles. The van der Waals surface area contributed by atoms with Crippen molar-refractivity contribution in [2.24, 2.45) is 0 Å². The molecule has 3 nitrogen and oxygen atoms in total. The van der Waals surface area contributed by atoms with Gasteiger partial charge in [0.15, 0.2) is 0 Å². The van der Waals surface area contributed by atoms with Gasteiger partial charge in [-0.05, 0) is 55.6 Å². The molecule has 0 amide bonds. The fourth-order valence-corrected chi connectivity index (χ4v) is 3.23. The van der Waals surface area contributed by atoms with Crippen LogP contribution in [0.2, 0.25) is 0 Å². The minimum Gasteiger partial charge on any atom is -0.309 e. The number of sulfone groups is 1. The van der Waals surface area contributed by atoms with E-state index < -0.39 is 9.84 Å². The quantitative estimate of drug-likeness (QED) is 0.874. The molecule has 1 aromatic rings. The Morgan fingerprint density at radius 3 is 2.21 bits per heavy atom. The predicted octanol–water partition coefficient (Wildman–Crippen LogP) is 2.53. The van der Waals surface area contributed by atoms with Crippen LogP contribution in [-0.4, -0.2) is 27.0 Å². The van der Waals surface area contributed by atoms with Crippen molar-refractivity contribution in [1.29, 1.82) is 0 Å². The maximum atomic E-state index is 13.3. The summed E-state index contributed by atoms with van der Waals surface area (Å²) < 4.78 is 36.4. The molecule has 0 aliphatic carbocycles. The first-order valence-electron chi connectivity index (χ1n) is 6.42. The topological polar surface area (TPSA) is 46.2 Å². The molecule has 1 rings (SSSR count). The summed E-state index contributed by atoms with van der Waals surface area (Å²) in [4.78, 5) is 0. The lowest BCUT2D eigenvalue weighted by atomic mass is 9.96. The summed E-state index contributed by atoms with van der Waals surface area (Å²) in [7, 11) is -3.10. The number of hydrogen-bond donors (Lipinski definition) is 1. The number of hydrogen-bond acceptors (Lipinski definition) is 3. The third-order valence-corrected chi connectivity index (χ3v) is 3.96. The Morgan fingerprint density at radius 1 is 1.26 bits per heavy atom. The molecular weight excluding hydrogens is 265 g/mol. The van der Waals surface area contributed by atoms with Gasteiger partial charge in [-0.3, -0.25) is 0 Å². The van der Waals surface area contributed by atoms with Gasteiger partial charge in [0.25, 0.3) is 0 Å². The number of benzene rings is 1. The molecule has 0 aromatic heterocycles. The van der Waals surface area contributed by atoms with Crippen molar-refractivity contribution >= 4 is 9.84 Å². The Morgan fingerprint density at radius 2 is 1.79 bits per heavy atom. The number of rotatable bonds is 6. The summed E-state index contributed by atoms with van der Waals surface area (Å²) in [6, 6.07) is 2.62. The van der Waals surface area contributed by atoms with Gasteiger partial charge in [-0.1, -0.05) is 6.92 Å². The van der Waals surface area contributed by atoms with Crippen molar-refractivity contribution in [3.63, 3.8) is 0 Å². The van der Waals surface area contributed by atoms with E-state index in [9.17, 15) is 12.8 Å². The Bertz CT molecular complexity index is 517. The number of aryl methyl sites for hydroxylation is 2. The lowest BCUT2D eigenvalue weighted by Crippen LogP contribution is -2.29. The van der Waals surface area contributed by atoms with E-state index in [0.29, 0.717) is 0 Å². The average molecular weight is 287 g/mol. The summed E-state index contributed by atoms with van der Waals surface area (Å²) in [5.74, 6) is -0.257. The fraction of sp³-hybridized carbons (Fsp3) is 0.571. The van der Waals surface area contributed by atoms with E-state index in [1.165, 1.54) is 18.4 Å². The molecule has 0 saturated carbocycles. The van der Waals surface area contributed by atoms with Crippen molar-refractivity contribution in [2.75, 3.05) is 18.6 Å². The van der Waals surface area contributed by atoms with Crippen molar-refractivity contribution in [3.05, 3.63) is 34.6 Å². The maximum Gasteiger partial charge on any atom is 0.149 e. The second-order valence-electron chi connectivity index (χ2n) is 5.05. The number of halogens is 1. The van der Waals surface area contributed by atoms with Crippen LogP contribution in [0.15, 0.2) is 12.1 Å². The average Bonchev–Trinajstić information content (AvgIpc) is 2.22. The van der Waals surface area contributed by atoms with Gasteiger partial charge >= 0.3 is 0 Å².